The van der Waals surface area contributed by atoms with Gasteiger partial charge in [-0.05, 0) is 54.0 Å². The van der Waals surface area contributed by atoms with E-state index in [2.05, 4.69) is 36.3 Å². The van der Waals surface area contributed by atoms with Crippen molar-refractivity contribution in [1.29, 1.82) is 0 Å². The number of para-hydroxylation sites is 1. The summed E-state index contributed by atoms with van der Waals surface area (Å²) < 4.78 is 6.75. The summed E-state index contributed by atoms with van der Waals surface area (Å²) >= 11 is 3.42. The van der Waals surface area contributed by atoms with Gasteiger partial charge < -0.3 is 4.74 Å². The number of aromatic nitrogens is 5. The Labute approximate surface area is 136 Å². The highest BCUT2D eigenvalue weighted by atomic mass is 79.9. The summed E-state index contributed by atoms with van der Waals surface area (Å²) in [6.07, 6.45) is 1.75. The fourth-order valence-electron chi connectivity index (χ4n) is 1.95. The first-order valence-electron chi connectivity index (χ1n) is 6.90. The SMILES string of the molecule is CC(C)(C)n1nnc(COc2cccc3cc(Br)cnc23)n1. The van der Waals surface area contributed by atoms with Gasteiger partial charge in [0.05, 0.1) is 5.54 Å². The van der Waals surface area contributed by atoms with Crippen molar-refractivity contribution < 1.29 is 4.74 Å². The molecule has 0 N–H and O–H groups in total. The highest BCUT2D eigenvalue weighted by Gasteiger charge is 2.17. The summed E-state index contributed by atoms with van der Waals surface area (Å²) in [5.41, 5.74) is 0.618. The molecule has 3 rings (SSSR count). The molecule has 0 saturated heterocycles. The predicted octanol–water partition coefficient (Wildman–Crippen LogP) is 3.32. The molecule has 0 aliphatic carbocycles. The molecule has 0 amide bonds. The third-order valence-electron chi connectivity index (χ3n) is 3.05. The van der Waals surface area contributed by atoms with Gasteiger partial charge in [-0.25, -0.2) is 0 Å². The van der Waals surface area contributed by atoms with Crippen LogP contribution >= 0.6 is 15.9 Å². The fraction of sp³-hybridized carbons (Fsp3) is 0.333. The number of tetrazole rings is 1. The van der Waals surface area contributed by atoms with Crippen LogP contribution in [0.4, 0.5) is 0 Å². The first-order chi connectivity index (χ1) is 10.4. The average Bonchev–Trinajstić information content (AvgIpc) is 2.93. The Hall–Kier alpha value is -2.02. The Morgan fingerprint density at radius 3 is 2.82 bits per heavy atom. The molecule has 0 fully saturated rings. The molecule has 2 heterocycles. The zero-order chi connectivity index (χ0) is 15.7. The smallest absolute Gasteiger partial charge is 0.212 e. The third kappa shape index (κ3) is 3.09. The molecule has 0 aliphatic heterocycles. The van der Waals surface area contributed by atoms with Crippen molar-refractivity contribution in [1.82, 2.24) is 25.2 Å². The number of hydrogen-bond acceptors (Lipinski definition) is 5. The van der Waals surface area contributed by atoms with Crippen molar-refractivity contribution in [2.45, 2.75) is 32.9 Å². The molecule has 7 heteroatoms. The monoisotopic (exact) mass is 361 g/mol. The molecule has 114 valence electrons. The summed E-state index contributed by atoms with van der Waals surface area (Å²) in [5, 5.41) is 13.4. The van der Waals surface area contributed by atoms with Gasteiger partial charge in [-0.3, -0.25) is 4.98 Å². The van der Waals surface area contributed by atoms with E-state index in [0.29, 0.717) is 11.6 Å². The number of benzene rings is 1. The van der Waals surface area contributed by atoms with Crippen LogP contribution in [0.15, 0.2) is 34.9 Å². The topological polar surface area (TPSA) is 65.7 Å². The molecule has 0 bridgehead atoms. The lowest BCUT2D eigenvalue weighted by Gasteiger charge is -2.15. The van der Waals surface area contributed by atoms with E-state index in [0.717, 1.165) is 15.4 Å². The lowest BCUT2D eigenvalue weighted by molar-refractivity contribution is 0.286. The van der Waals surface area contributed by atoms with Gasteiger partial charge in [0.25, 0.3) is 0 Å². The minimum Gasteiger partial charge on any atom is -0.483 e. The maximum atomic E-state index is 5.82. The Balaban J connectivity index is 1.81. The molecule has 0 aliphatic rings. The van der Waals surface area contributed by atoms with E-state index in [-0.39, 0.29) is 12.1 Å². The molecule has 22 heavy (non-hydrogen) atoms. The van der Waals surface area contributed by atoms with Crippen LogP contribution in [0.1, 0.15) is 26.6 Å². The second-order valence-electron chi connectivity index (χ2n) is 5.94. The van der Waals surface area contributed by atoms with Crippen LogP contribution in [-0.2, 0) is 12.1 Å². The number of rotatable bonds is 3. The van der Waals surface area contributed by atoms with Crippen molar-refractivity contribution in [3.05, 3.63) is 40.8 Å². The van der Waals surface area contributed by atoms with E-state index >= 15 is 0 Å². The van der Waals surface area contributed by atoms with E-state index in [4.69, 9.17) is 4.74 Å². The molecule has 0 atom stereocenters. The van der Waals surface area contributed by atoms with Gasteiger partial charge in [0.15, 0.2) is 6.61 Å². The first kappa shape index (κ1) is 14.9. The first-order valence-corrected chi connectivity index (χ1v) is 7.69. The maximum absolute atomic E-state index is 5.82. The Bertz CT molecular complexity index is 809. The normalized spacial score (nSPS) is 11.8. The number of halogens is 1. The zero-order valence-electron chi connectivity index (χ0n) is 12.6. The number of nitrogens with zero attached hydrogens (tertiary/aromatic N) is 5. The summed E-state index contributed by atoms with van der Waals surface area (Å²) in [5.74, 6) is 1.25. The minimum atomic E-state index is -0.196. The van der Waals surface area contributed by atoms with Crippen molar-refractivity contribution in [2.24, 2.45) is 0 Å². The maximum Gasteiger partial charge on any atom is 0.212 e. The fourth-order valence-corrected chi connectivity index (χ4v) is 2.30. The van der Waals surface area contributed by atoms with Crippen LogP contribution in [0.3, 0.4) is 0 Å². The van der Waals surface area contributed by atoms with E-state index in [1.165, 1.54) is 0 Å². The highest BCUT2D eigenvalue weighted by Crippen LogP contribution is 2.26. The molecule has 3 aromatic rings. The van der Waals surface area contributed by atoms with Gasteiger partial charge in [-0.1, -0.05) is 12.1 Å². The lowest BCUT2D eigenvalue weighted by Crippen LogP contribution is -2.24. The molecule has 0 radical (unpaired) electrons. The second-order valence-corrected chi connectivity index (χ2v) is 6.85. The van der Waals surface area contributed by atoms with E-state index in [9.17, 15) is 0 Å². The van der Waals surface area contributed by atoms with Crippen LogP contribution < -0.4 is 4.74 Å². The number of pyridine rings is 1. The lowest BCUT2D eigenvalue weighted by atomic mass is 10.1. The molecule has 2 aromatic heterocycles. The van der Waals surface area contributed by atoms with Gasteiger partial charge in [0.1, 0.15) is 11.3 Å². The Kier molecular flexibility index (Phi) is 3.82. The van der Waals surface area contributed by atoms with E-state index in [1.807, 2.05) is 45.0 Å². The van der Waals surface area contributed by atoms with E-state index in [1.54, 1.807) is 11.0 Å². The number of fused-ring (bicyclic) bond motifs is 1. The molecule has 0 unspecified atom stereocenters. The molecule has 1 aromatic carbocycles. The van der Waals surface area contributed by atoms with Crippen molar-refractivity contribution in [3.63, 3.8) is 0 Å². The highest BCUT2D eigenvalue weighted by molar-refractivity contribution is 9.10. The van der Waals surface area contributed by atoms with Crippen molar-refractivity contribution in [3.8, 4) is 5.75 Å². The second kappa shape index (κ2) is 5.64. The summed E-state index contributed by atoms with van der Waals surface area (Å²) in [4.78, 5) is 5.99. The number of ether oxygens (including phenoxy) is 1. The third-order valence-corrected chi connectivity index (χ3v) is 3.49. The van der Waals surface area contributed by atoms with Gasteiger partial charge in [-0.2, -0.15) is 4.80 Å². The van der Waals surface area contributed by atoms with E-state index < -0.39 is 0 Å². The van der Waals surface area contributed by atoms with Gasteiger partial charge >= 0.3 is 0 Å². The van der Waals surface area contributed by atoms with Crippen molar-refractivity contribution in [2.75, 3.05) is 0 Å². The van der Waals surface area contributed by atoms with Crippen LogP contribution in [0.5, 0.6) is 5.75 Å². The summed E-state index contributed by atoms with van der Waals surface area (Å²) in [7, 11) is 0. The number of hydrogen-bond donors (Lipinski definition) is 0. The van der Waals surface area contributed by atoms with Gasteiger partial charge in [0, 0.05) is 16.1 Å². The van der Waals surface area contributed by atoms with Crippen LogP contribution in [0.25, 0.3) is 10.9 Å². The van der Waals surface area contributed by atoms with Gasteiger partial charge in [-0.15, -0.1) is 10.2 Å². The van der Waals surface area contributed by atoms with Gasteiger partial charge in [0.2, 0.25) is 5.82 Å². The zero-order valence-corrected chi connectivity index (χ0v) is 14.2. The molecule has 0 saturated carbocycles. The molecular formula is C15H16BrN5O. The standard InChI is InChI=1S/C15H16BrN5O/c1-15(2,3)21-19-13(18-20-21)9-22-12-6-4-5-10-7-11(16)8-17-14(10)12/h4-8H,9H2,1-3H3. The molecule has 6 nitrogen and oxygen atoms in total. The van der Waals surface area contributed by atoms with Crippen molar-refractivity contribution >= 4 is 26.8 Å². The summed E-state index contributed by atoms with van der Waals surface area (Å²) in [6, 6.07) is 7.82. The van der Waals surface area contributed by atoms with Crippen LogP contribution in [-0.4, -0.2) is 25.2 Å². The Morgan fingerprint density at radius 1 is 1.27 bits per heavy atom. The Morgan fingerprint density at radius 2 is 2.09 bits per heavy atom. The molecule has 0 spiro atoms. The predicted molar refractivity (Wildman–Crippen MR) is 86.6 cm³/mol. The summed E-state index contributed by atoms with van der Waals surface area (Å²) in [6.45, 7) is 6.32. The largest absolute Gasteiger partial charge is 0.483 e. The van der Waals surface area contributed by atoms with Crippen LogP contribution in [0.2, 0.25) is 0 Å². The van der Waals surface area contributed by atoms with Crippen LogP contribution in [0, 0.1) is 0 Å². The molecular weight excluding hydrogens is 346 g/mol. The quantitative estimate of drug-likeness (QED) is 0.715. The minimum absolute atomic E-state index is 0.196. The average molecular weight is 362 g/mol.